The molecule has 3 heteroatoms. The first-order chi connectivity index (χ1) is 9.07. The summed E-state index contributed by atoms with van der Waals surface area (Å²) in [6, 6.07) is 7.61. The quantitative estimate of drug-likeness (QED) is 0.312. The van der Waals surface area contributed by atoms with Crippen LogP contribution in [0.5, 0.6) is 0 Å². The normalized spacial score (nSPS) is 12.1. The van der Waals surface area contributed by atoms with Crippen LogP contribution >= 0.6 is 0 Å². The lowest BCUT2D eigenvalue weighted by Crippen LogP contribution is -2.36. The molecule has 0 heterocycles. The molecule has 0 radical (unpaired) electrons. The molecule has 0 N–H and O–H groups in total. The van der Waals surface area contributed by atoms with Crippen molar-refractivity contribution >= 4 is 16.4 Å². The van der Waals surface area contributed by atoms with Gasteiger partial charge in [-0.3, -0.25) is 0 Å². The van der Waals surface area contributed by atoms with Crippen LogP contribution in [0.4, 0.5) is 0 Å². The van der Waals surface area contributed by atoms with Gasteiger partial charge in [0.15, 0.2) is 8.32 Å². The average Bonchev–Trinajstić information content (AvgIpc) is 2.48. The van der Waals surface area contributed by atoms with E-state index in [9.17, 15) is 0 Å². The van der Waals surface area contributed by atoms with Gasteiger partial charge in [0.1, 0.15) is 8.07 Å². The zero-order chi connectivity index (χ0) is 14.8. The van der Waals surface area contributed by atoms with E-state index in [2.05, 4.69) is 53.0 Å². The molecule has 0 aliphatic carbocycles. The highest BCUT2D eigenvalue weighted by Gasteiger charge is 2.28. The Balaban J connectivity index is 4.31. The van der Waals surface area contributed by atoms with Gasteiger partial charge in [0.05, 0.1) is 0 Å². The zero-order valence-electron chi connectivity index (χ0n) is 14.1. The lowest BCUT2D eigenvalue weighted by atomic mass is 10.5. The Morgan fingerprint density at radius 2 is 1.21 bits per heavy atom. The van der Waals surface area contributed by atoms with Crippen molar-refractivity contribution in [2.24, 2.45) is 0 Å². The van der Waals surface area contributed by atoms with Gasteiger partial charge in [-0.15, -0.1) is 11.5 Å². The topological polar surface area (TPSA) is 9.23 Å². The van der Waals surface area contributed by atoms with Gasteiger partial charge in [-0.25, -0.2) is 0 Å². The summed E-state index contributed by atoms with van der Waals surface area (Å²) in [4.78, 5) is 0. The average molecular weight is 299 g/mol. The van der Waals surface area contributed by atoms with Gasteiger partial charge in [-0.1, -0.05) is 41.5 Å². The van der Waals surface area contributed by atoms with E-state index in [1.165, 1.54) is 36.3 Å². The minimum absolute atomic E-state index is 0.858. The molecule has 0 aliphatic rings. The van der Waals surface area contributed by atoms with Gasteiger partial charge in [0.2, 0.25) is 0 Å². The fourth-order valence-corrected chi connectivity index (χ4v) is 7.82. The molecule has 0 spiro atoms. The second-order valence-electron chi connectivity index (χ2n) is 5.48. The predicted octanol–water partition coefficient (Wildman–Crippen LogP) is 5.45. The summed E-state index contributed by atoms with van der Waals surface area (Å²) in [6.07, 6.45) is 0.934. The minimum Gasteiger partial charge on any atom is -0.416 e. The van der Waals surface area contributed by atoms with Crippen LogP contribution in [0.15, 0.2) is 0 Å². The maximum Gasteiger partial charge on any atom is 0.192 e. The lowest BCUT2D eigenvalue weighted by Gasteiger charge is -2.27. The molecule has 1 nitrogen and oxygen atoms in total. The third-order valence-electron chi connectivity index (χ3n) is 4.95. The third kappa shape index (κ3) is 5.85. The molecule has 112 valence electrons. The van der Waals surface area contributed by atoms with E-state index < -0.39 is 16.4 Å². The number of hydrogen-bond acceptors (Lipinski definition) is 1. The van der Waals surface area contributed by atoms with E-state index in [1.807, 2.05) is 0 Å². The predicted molar refractivity (Wildman–Crippen MR) is 92.7 cm³/mol. The maximum absolute atomic E-state index is 6.24. The molecule has 0 atom stereocenters. The van der Waals surface area contributed by atoms with Crippen molar-refractivity contribution in [3.05, 3.63) is 0 Å². The molecule has 0 fully saturated rings. The largest absolute Gasteiger partial charge is 0.416 e. The van der Waals surface area contributed by atoms with Crippen LogP contribution in [-0.4, -0.2) is 23.0 Å². The van der Waals surface area contributed by atoms with Crippen molar-refractivity contribution in [1.82, 2.24) is 0 Å². The highest BCUT2D eigenvalue weighted by molar-refractivity contribution is 6.87. The summed E-state index contributed by atoms with van der Waals surface area (Å²) < 4.78 is 6.24. The molecular weight excluding hydrogens is 264 g/mol. The fourth-order valence-electron chi connectivity index (χ4n) is 2.64. The summed E-state index contributed by atoms with van der Waals surface area (Å²) in [5.41, 5.74) is 3.65. The van der Waals surface area contributed by atoms with Gasteiger partial charge in [-0.05, 0) is 36.3 Å². The van der Waals surface area contributed by atoms with Crippen molar-refractivity contribution in [3.63, 3.8) is 0 Å². The van der Waals surface area contributed by atoms with E-state index in [1.54, 1.807) is 0 Å². The summed E-state index contributed by atoms with van der Waals surface area (Å²) in [6.45, 7) is 14.7. The van der Waals surface area contributed by atoms with Crippen LogP contribution in [0.2, 0.25) is 36.3 Å². The van der Waals surface area contributed by atoms with E-state index in [4.69, 9.17) is 4.43 Å². The molecule has 19 heavy (non-hydrogen) atoms. The van der Waals surface area contributed by atoms with E-state index >= 15 is 0 Å². The Kier molecular flexibility index (Phi) is 9.77. The fraction of sp³-hybridized carbons (Fsp3) is 0.875. The molecule has 0 unspecified atom stereocenters. The Bertz CT molecular complexity index is 266. The molecule has 0 amide bonds. The Morgan fingerprint density at radius 1 is 0.737 bits per heavy atom. The Hall–Kier alpha value is -0.0462. The van der Waals surface area contributed by atoms with Gasteiger partial charge < -0.3 is 4.43 Å². The lowest BCUT2D eigenvalue weighted by molar-refractivity contribution is 0.308. The van der Waals surface area contributed by atoms with Crippen LogP contribution in [0, 0.1) is 11.5 Å². The third-order valence-corrected chi connectivity index (χ3v) is 14.4. The molecular formula is C16H34OSi2. The first-order valence-corrected chi connectivity index (χ1v) is 13.4. The van der Waals surface area contributed by atoms with Crippen molar-refractivity contribution in [1.29, 1.82) is 0 Å². The molecule has 0 aliphatic heterocycles. The second-order valence-corrected chi connectivity index (χ2v) is 15.2. The number of rotatable bonds is 9. The standard InChI is InChI=1S/C16H34OSi2/c1-7-18(8-2,9-3)16-14-13-15-17-19(10-4,11-5)12-6/h7-13,15H2,1-6H3. The Morgan fingerprint density at radius 3 is 1.58 bits per heavy atom. The van der Waals surface area contributed by atoms with Gasteiger partial charge in [-0.2, -0.15) is 0 Å². The van der Waals surface area contributed by atoms with Crippen molar-refractivity contribution in [2.75, 3.05) is 6.61 Å². The molecule has 0 saturated carbocycles. The smallest absolute Gasteiger partial charge is 0.192 e. The van der Waals surface area contributed by atoms with Crippen molar-refractivity contribution < 1.29 is 4.43 Å². The van der Waals surface area contributed by atoms with Crippen LogP contribution in [0.1, 0.15) is 48.0 Å². The summed E-state index contributed by atoms with van der Waals surface area (Å²) in [7, 11) is -2.64. The maximum atomic E-state index is 6.24. The summed E-state index contributed by atoms with van der Waals surface area (Å²) in [5.74, 6) is 3.43. The zero-order valence-corrected chi connectivity index (χ0v) is 16.1. The van der Waals surface area contributed by atoms with Crippen LogP contribution in [-0.2, 0) is 4.43 Å². The van der Waals surface area contributed by atoms with Gasteiger partial charge >= 0.3 is 0 Å². The van der Waals surface area contributed by atoms with Crippen LogP contribution < -0.4 is 0 Å². The molecule has 0 aromatic rings. The summed E-state index contributed by atoms with van der Waals surface area (Å²) >= 11 is 0. The van der Waals surface area contributed by atoms with Gasteiger partial charge in [0, 0.05) is 13.0 Å². The molecule has 0 aromatic carbocycles. The van der Waals surface area contributed by atoms with E-state index in [0.29, 0.717) is 0 Å². The monoisotopic (exact) mass is 298 g/mol. The van der Waals surface area contributed by atoms with Crippen LogP contribution in [0.25, 0.3) is 0 Å². The highest BCUT2D eigenvalue weighted by atomic mass is 28.4. The molecule has 0 aromatic heterocycles. The first kappa shape index (κ1) is 19.0. The first-order valence-electron chi connectivity index (χ1n) is 8.21. The van der Waals surface area contributed by atoms with Crippen LogP contribution in [0.3, 0.4) is 0 Å². The van der Waals surface area contributed by atoms with Gasteiger partial charge in [0.25, 0.3) is 0 Å². The SMILES string of the molecule is CC[Si](C#CCCO[Si](CC)(CC)CC)(CC)CC. The molecule has 0 bridgehead atoms. The van der Waals surface area contributed by atoms with Crippen molar-refractivity contribution in [3.8, 4) is 11.5 Å². The minimum atomic E-state index is -1.39. The van der Waals surface area contributed by atoms with Crippen molar-refractivity contribution in [2.45, 2.75) is 84.2 Å². The highest BCUT2D eigenvalue weighted by Crippen LogP contribution is 2.22. The number of hydrogen-bond donors (Lipinski definition) is 0. The molecule has 0 saturated heterocycles. The Labute approximate surface area is 123 Å². The van der Waals surface area contributed by atoms with E-state index in [0.717, 1.165) is 13.0 Å². The summed E-state index contributed by atoms with van der Waals surface area (Å²) in [5, 5.41) is 0. The molecule has 0 rings (SSSR count). The van der Waals surface area contributed by atoms with E-state index in [-0.39, 0.29) is 0 Å². The second kappa shape index (κ2) is 9.79.